The van der Waals surface area contributed by atoms with E-state index < -0.39 is 0 Å². The van der Waals surface area contributed by atoms with E-state index >= 15 is 0 Å². The molecule has 2 rings (SSSR count). The monoisotopic (exact) mass is 206 g/mol. The molecule has 0 fully saturated rings. The lowest BCUT2D eigenvalue weighted by atomic mass is 10.4. The lowest BCUT2D eigenvalue weighted by Crippen LogP contribution is -2.05. The molecule has 0 atom stereocenters. The number of nitrogens with zero attached hydrogens (tertiary/aromatic N) is 3. The molecular formula is C10H14N4O. The highest BCUT2D eigenvalue weighted by atomic mass is 16.5. The SMILES string of the molecule is CCn1ccnc1NCc1cc(C)no1. The minimum atomic E-state index is 0.609. The van der Waals surface area contributed by atoms with Crippen molar-refractivity contribution in [2.45, 2.75) is 26.9 Å². The first-order chi connectivity index (χ1) is 7.29. The van der Waals surface area contributed by atoms with Gasteiger partial charge in [-0.15, -0.1) is 0 Å². The Kier molecular flexibility index (Phi) is 2.71. The third kappa shape index (κ3) is 2.18. The van der Waals surface area contributed by atoms with Gasteiger partial charge < -0.3 is 14.4 Å². The molecule has 0 aliphatic rings. The molecule has 5 heteroatoms. The number of nitrogens with one attached hydrogen (secondary N) is 1. The summed E-state index contributed by atoms with van der Waals surface area (Å²) in [6.07, 6.45) is 3.71. The van der Waals surface area contributed by atoms with Crippen LogP contribution in [0.25, 0.3) is 0 Å². The van der Waals surface area contributed by atoms with E-state index in [4.69, 9.17) is 4.52 Å². The lowest BCUT2D eigenvalue weighted by Gasteiger charge is -2.05. The van der Waals surface area contributed by atoms with Crippen LogP contribution in [0.2, 0.25) is 0 Å². The summed E-state index contributed by atoms with van der Waals surface area (Å²) in [4.78, 5) is 4.20. The number of hydrogen-bond acceptors (Lipinski definition) is 4. The molecule has 1 N–H and O–H groups in total. The zero-order chi connectivity index (χ0) is 10.7. The first kappa shape index (κ1) is 9.76. The minimum Gasteiger partial charge on any atom is -0.359 e. The Labute approximate surface area is 88.1 Å². The average Bonchev–Trinajstić information content (AvgIpc) is 2.83. The zero-order valence-corrected chi connectivity index (χ0v) is 8.90. The standard InChI is InChI=1S/C10H14N4O/c1-3-14-5-4-11-10(14)12-7-9-6-8(2)13-15-9/h4-6H,3,7H2,1-2H3,(H,11,12). The summed E-state index contributed by atoms with van der Waals surface area (Å²) in [6.45, 7) is 5.49. The van der Waals surface area contributed by atoms with Gasteiger partial charge in [-0.3, -0.25) is 0 Å². The molecule has 0 bridgehead atoms. The van der Waals surface area contributed by atoms with Crippen LogP contribution in [0, 0.1) is 6.92 Å². The van der Waals surface area contributed by atoms with Crippen LogP contribution in [0.15, 0.2) is 23.0 Å². The van der Waals surface area contributed by atoms with Gasteiger partial charge >= 0.3 is 0 Å². The number of anilines is 1. The van der Waals surface area contributed by atoms with Crippen LogP contribution in [0.5, 0.6) is 0 Å². The molecule has 0 saturated carbocycles. The van der Waals surface area contributed by atoms with Crippen LogP contribution in [0.1, 0.15) is 18.4 Å². The summed E-state index contributed by atoms with van der Waals surface area (Å²) in [5.74, 6) is 1.67. The van der Waals surface area contributed by atoms with E-state index in [0.29, 0.717) is 6.54 Å². The van der Waals surface area contributed by atoms with E-state index in [0.717, 1.165) is 23.9 Å². The van der Waals surface area contributed by atoms with E-state index in [1.165, 1.54) is 0 Å². The van der Waals surface area contributed by atoms with Crippen molar-refractivity contribution >= 4 is 5.95 Å². The fraction of sp³-hybridized carbons (Fsp3) is 0.400. The van der Waals surface area contributed by atoms with Crippen molar-refractivity contribution in [3.63, 3.8) is 0 Å². The average molecular weight is 206 g/mol. The van der Waals surface area contributed by atoms with Gasteiger partial charge in [0.25, 0.3) is 0 Å². The van der Waals surface area contributed by atoms with E-state index in [1.807, 2.05) is 23.8 Å². The van der Waals surface area contributed by atoms with Gasteiger partial charge in [-0.2, -0.15) is 0 Å². The Bertz CT molecular complexity index is 432. The number of imidazole rings is 1. The molecule has 0 saturated heterocycles. The summed E-state index contributed by atoms with van der Waals surface area (Å²) < 4.78 is 7.12. The second kappa shape index (κ2) is 4.16. The van der Waals surface area contributed by atoms with E-state index in [-0.39, 0.29) is 0 Å². The van der Waals surface area contributed by atoms with Crippen molar-refractivity contribution < 1.29 is 4.52 Å². The molecule has 0 amide bonds. The Balaban J connectivity index is 1.98. The largest absolute Gasteiger partial charge is 0.359 e. The quantitative estimate of drug-likeness (QED) is 0.828. The van der Waals surface area contributed by atoms with Crippen LogP contribution in [-0.2, 0) is 13.1 Å². The molecule has 2 heterocycles. The molecular weight excluding hydrogens is 192 g/mol. The summed E-state index contributed by atoms with van der Waals surface area (Å²) in [6, 6.07) is 1.91. The molecule has 0 unspecified atom stereocenters. The van der Waals surface area contributed by atoms with Crippen LogP contribution >= 0.6 is 0 Å². The predicted octanol–water partition coefficient (Wildman–Crippen LogP) is 1.81. The highest BCUT2D eigenvalue weighted by Gasteiger charge is 2.03. The number of rotatable bonds is 4. The maximum Gasteiger partial charge on any atom is 0.203 e. The Morgan fingerprint density at radius 3 is 3.07 bits per heavy atom. The fourth-order valence-electron chi connectivity index (χ4n) is 1.40. The molecule has 0 aromatic carbocycles. The van der Waals surface area contributed by atoms with Crippen molar-refractivity contribution in [1.29, 1.82) is 0 Å². The molecule has 0 radical (unpaired) electrons. The first-order valence-electron chi connectivity index (χ1n) is 4.97. The summed E-state index contributed by atoms with van der Waals surface area (Å²) >= 11 is 0. The topological polar surface area (TPSA) is 55.9 Å². The second-order valence-corrected chi connectivity index (χ2v) is 3.33. The Morgan fingerprint density at radius 1 is 1.53 bits per heavy atom. The summed E-state index contributed by atoms with van der Waals surface area (Å²) in [7, 11) is 0. The van der Waals surface area contributed by atoms with Gasteiger partial charge in [-0.25, -0.2) is 4.98 Å². The van der Waals surface area contributed by atoms with Gasteiger partial charge in [-0.05, 0) is 13.8 Å². The van der Waals surface area contributed by atoms with Gasteiger partial charge in [0.15, 0.2) is 5.76 Å². The minimum absolute atomic E-state index is 0.609. The van der Waals surface area contributed by atoms with Crippen molar-refractivity contribution in [2.24, 2.45) is 0 Å². The molecule has 0 aliphatic heterocycles. The van der Waals surface area contributed by atoms with Gasteiger partial charge in [0.2, 0.25) is 5.95 Å². The van der Waals surface area contributed by atoms with Crippen molar-refractivity contribution in [3.05, 3.63) is 29.9 Å². The maximum atomic E-state index is 5.09. The van der Waals surface area contributed by atoms with E-state index in [1.54, 1.807) is 6.20 Å². The second-order valence-electron chi connectivity index (χ2n) is 3.33. The van der Waals surface area contributed by atoms with Crippen LogP contribution < -0.4 is 5.32 Å². The molecule has 2 aromatic rings. The molecule has 0 spiro atoms. The van der Waals surface area contributed by atoms with Gasteiger partial charge in [0.1, 0.15) is 0 Å². The van der Waals surface area contributed by atoms with E-state index in [9.17, 15) is 0 Å². The van der Waals surface area contributed by atoms with Crippen LogP contribution in [0.3, 0.4) is 0 Å². The summed E-state index contributed by atoms with van der Waals surface area (Å²) in [5.41, 5.74) is 0.894. The third-order valence-corrected chi connectivity index (χ3v) is 2.15. The molecule has 80 valence electrons. The maximum absolute atomic E-state index is 5.09. The highest BCUT2D eigenvalue weighted by molar-refractivity contribution is 5.26. The molecule has 15 heavy (non-hydrogen) atoms. The summed E-state index contributed by atoms with van der Waals surface area (Å²) in [5, 5.41) is 7.01. The van der Waals surface area contributed by atoms with Crippen molar-refractivity contribution in [2.75, 3.05) is 5.32 Å². The highest BCUT2D eigenvalue weighted by Crippen LogP contribution is 2.07. The zero-order valence-electron chi connectivity index (χ0n) is 8.90. The van der Waals surface area contributed by atoms with Crippen LogP contribution in [0.4, 0.5) is 5.95 Å². The Hall–Kier alpha value is -1.78. The fourth-order valence-corrected chi connectivity index (χ4v) is 1.40. The van der Waals surface area contributed by atoms with E-state index in [2.05, 4.69) is 22.4 Å². The number of aromatic nitrogens is 3. The van der Waals surface area contributed by atoms with Gasteiger partial charge in [0.05, 0.1) is 12.2 Å². The molecule has 2 aromatic heterocycles. The van der Waals surface area contributed by atoms with Gasteiger partial charge in [0, 0.05) is 25.0 Å². The lowest BCUT2D eigenvalue weighted by molar-refractivity contribution is 0.384. The molecule has 5 nitrogen and oxygen atoms in total. The first-order valence-corrected chi connectivity index (χ1v) is 4.97. The predicted molar refractivity (Wildman–Crippen MR) is 56.5 cm³/mol. The molecule has 0 aliphatic carbocycles. The number of hydrogen-bond donors (Lipinski definition) is 1. The third-order valence-electron chi connectivity index (χ3n) is 2.15. The van der Waals surface area contributed by atoms with Crippen molar-refractivity contribution in [1.82, 2.24) is 14.7 Å². The Morgan fingerprint density at radius 2 is 2.40 bits per heavy atom. The normalized spacial score (nSPS) is 10.5. The van der Waals surface area contributed by atoms with Crippen LogP contribution in [-0.4, -0.2) is 14.7 Å². The number of aryl methyl sites for hydroxylation is 2. The smallest absolute Gasteiger partial charge is 0.203 e. The van der Waals surface area contributed by atoms with Crippen molar-refractivity contribution in [3.8, 4) is 0 Å². The van der Waals surface area contributed by atoms with Gasteiger partial charge in [-0.1, -0.05) is 5.16 Å².